The molecule has 1 atom stereocenters. The van der Waals surface area contributed by atoms with E-state index < -0.39 is 0 Å². The van der Waals surface area contributed by atoms with Gasteiger partial charge in [0.2, 0.25) is 0 Å². The van der Waals surface area contributed by atoms with Crippen LogP contribution in [0.1, 0.15) is 23.2 Å². The Morgan fingerprint density at radius 1 is 1.21 bits per heavy atom. The number of rotatable bonds is 5. The maximum absolute atomic E-state index is 12.4. The van der Waals surface area contributed by atoms with Crippen LogP contribution in [0.5, 0.6) is 5.75 Å². The third-order valence-electron chi connectivity index (χ3n) is 4.68. The second kappa shape index (κ2) is 5.80. The van der Waals surface area contributed by atoms with E-state index in [2.05, 4.69) is 24.3 Å². The van der Waals surface area contributed by atoms with Crippen LogP contribution in [0.4, 0.5) is 0 Å². The zero-order chi connectivity index (χ0) is 16.6. The van der Waals surface area contributed by atoms with Crippen LogP contribution in [-0.2, 0) is 4.74 Å². The third kappa shape index (κ3) is 2.49. The van der Waals surface area contributed by atoms with E-state index >= 15 is 0 Å². The fraction of sp³-hybridized carbons (Fsp3) is 0.250. The van der Waals surface area contributed by atoms with Gasteiger partial charge >= 0.3 is 5.97 Å². The molecule has 0 amide bonds. The summed E-state index contributed by atoms with van der Waals surface area (Å²) < 4.78 is 10.9. The number of hydrogen-bond acceptors (Lipinski definition) is 4. The lowest BCUT2D eigenvalue weighted by molar-refractivity contribution is 0.0632. The van der Waals surface area contributed by atoms with Crippen LogP contribution < -0.4 is 4.74 Å². The molecule has 4 rings (SSSR count). The number of carbonyl (C=O) groups is 1. The summed E-state index contributed by atoms with van der Waals surface area (Å²) in [4.78, 5) is 12.4. The molecule has 4 heteroatoms. The van der Waals surface area contributed by atoms with Crippen LogP contribution >= 0.6 is 0 Å². The maximum atomic E-state index is 12.4. The van der Waals surface area contributed by atoms with Crippen LogP contribution in [0.15, 0.2) is 71.6 Å². The Kier molecular flexibility index (Phi) is 3.62. The van der Waals surface area contributed by atoms with E-state index in [4.69, 9.17) is 14.6 Å². The predicted molar refractivity (Wildman–Crippen MR) is 89.5 cm³/mol. The first-order chi connectivity index (χ1) is 11.7. The van der Waals surface area contributed by atoms with Gasteiger partial charge in [-0.05, 0) is 48.8 Å². The third-order valence-corrected chi connectivity index (χ3v) is 4.68. The van der Waals surface area contributed by atoms with Gasteiger partial charge in [0.05, 0.1) is 12.2 Å². The molecule has 0 saturated carbocycles. The Bertz CT molecular complexity index is 795. The first kappa shape index (κ1) is 15.0. The quantitative estimate of drug-likeness (QED) is 0.667. The SMILES string of the molecule is O=C(OC1=C2C=C3CC=CC3(C=C1)C2)c1ccc(OCCO)cc1. The highest BCUT2D eigenvalue weighted by molar-refractivity contribution is 5.90. The van der Waals surface area contributed by atoms with Gasteiger partial charge in [-0.15, -0.1) is 0 Å². The molecule has 3 aliphatic carbocycles. The van der Waals surface area contributed by atoms with E-state index in [9.17, 15) is 4.79 Å². The number of hydrogen-bond donors (Lipinski definition) is 1. The molecule has 1 N–H and O–H groups in total. The molecule has 0 fully saturated rings. The molecule has 1 aromatic carbocycles. The summed E-state index contributed by atoms with van der Waals surface area (Å²) in [7, 11) is 0. The van der Waals surface area contributed by atoms with Gasteiger partial charge in [0, 0.05) is 5.41 Å². The summed E-state index contributed by atoms with van der Waals surface area (Å²) in [6.45, 7) is 0.189. The minimum Gasteiger partial charge on any atom is -0.491 e. The summed E-state index contributed by atoms with van der Waals surface area (Å²) >= 11 is 0. The summed E-state index contributed by atoms with van der Waals surface area (Å²) in [5, 5.41) is 8.74. The van der Waals surface area contributed by atoms with Crippen molar-refractivity contribution in [1.29, 1.82) is 0 Å². The second-order valence-electron chi connectivity index (χ2n) is 6.20. The topological polar surface area (TPSA) is 55.8 Å². The Morgan fingerprint density at radius 2 is 2.04 bits per heavy atom. The first-order valence-electron chi connectivity index (χ1n) is 8.07. The molecule has 0 aliphatic heterocycles. The number of aliphatic hydroxyl groups excluding tert-OH is 1. The fourth-order valence-electron chi connectivity index (χ4n) is 3.46. The fourth-order valence-corrected chi connectivity index (χ4v) is 3.46. The standard InChI is InChI=1S/C20H18O4/c21-10-11-23-17-5-3-14(4-6-17)19(22)24-18-7-9-20-8-1-2-16(20)12-15(18)13-20/h1,3-9,12,21H,2,10-11,13H2. The van der Waals surface area contributed by atoms with Gasteiger partial charge in [-0.25, -0.2) is 4.79 Å². The average Bonchev–Trinajstić information content (AvgIpc) is 3.10. The Hall–Kier alpha value is -2.59. The second-order valence-corrected chi connectivity index (χ2v) is 6.20. The van der Waals surface area contributed by atoms with E-state index in [1.165, 1.54) is 5.57 Å². The lowest BCUT2D eigenvalue weighted by Crippen LogP contribution is -2.15. The minimum absolute atomic E-state index is 0.0386. The minimum atomic E-state index is -0.377. The van der Waals surface area contributed by atoms with Gasteiger partial charge in [-0.3, -0.25) is 0 Å². The monoisotopic (exact) mass is 322 g/mol. The molecular formula is C20H18O4. The van der Waals surface area contributed by atoms with Crippen molar-refractivity contribution in [1.82, 2.24) is 0 Å². The molecule has 1 unspecified atom stereocenters. The highest BCUT2D eigenvalue weighted by Gasteiger charge is 2.40. The number of allylic oxidation sites excluding steroid dienone is 7. The van der Waals surface area contributed by atoms with Crippen LogP contribution in [0.2, 0.25) is 0 Å². The number of ether oxygens (including phenoxy) is 2. The van der Waals surface area contributed by atoms with Gasteiger partial charge in [-0.2, -0.15) is 0 Å². The maximum Gasteiger partial charge on any atom is 0.343 e. The lowest BCUT2D eigenvalue weighted by Gasteiger charge is -2.24. The van der Waals surface area contributed by atoms with Crippen LogP contribution in [0.3, 0.4) is 0 Å². The molecule has 0 heterocycles. The molecule has 1 spiro atoms. The molecule has 122 valence electrons. The normalized spacial score (nSPS) is 23.3. The van der Waals surface area contributed by atoms with Crippen molar-refractivity contribution in [2.45, 2.75) is 12.8 Å². The number of fused-ring (bicyclic) bond motifs is 1. The molecule has 0 aromatic heterocycles. The lowest BCUT2D eigenvalue weighted by atomic mass is 9.81. The van der Waals surface area contributed by atoms with Crippen molar-refractivity contribution >= 4 is 5.97 Å². The van der Waals surface area contributed by atoms with Crippen molar-refractivity contribution in [2.75, 3.05) is 13.2 Å². The highest BCUT2D eigenvalue weighted by Crippen LogP contribution is 2.52. The molecule has 1 aromatic rings. The molecule has 24 heavy (non-hydrogen) atoms. The number of benzene rings is 1. The van der Waals surface area contributed by atoms with Crippen LogP contribution in [0, 0.1) is 5.41 Å². The molecule has 0 saturated heterocycles. The van der Waals surface area contributed by atoms with E-state index in [1.807, 2.05) is 6.08 Å². The van der Waals surface area contributed by atoms with E-state index in [0.29, 0.717) is 17.1 Å². The average molecular weight is 322 g/mol. The van der Waals surface area contributed by atoms with E-state index in [0.717, 1.165) is 18.4 Å². The van der Waals surface area contributed by atoms with Crippen LogP contribution in [0.25, 0.3) is 0 Å². The summed E-state index contributed by atoms with van der Waals surface area (Å²) in [5.74, 6) is 0.876. The predicted octanol–water partition coefficient (Wildman–Crippen LogP) is 3.31. The first-order valence-corrected chi connectivity index (χ1v) is 8.07. The molecule has 4 nitrogen and oxygen atoms in total. The zero-order valence-corrected chi connectivity index (χ0v) is 13.2. The van der Waals surface area contributed by atoms with Crippen molar-refractivity contribution in [3.63, 3.8) is 0 Å². The van der Waals surface area contributed by atoms with Crippen LogP contribution in [-0.4, -0.2) is 24.3 Å². The Labute approximate surface area is 140 Å². The summed E-state index contributed by atoms with van der Waals surface area (Å²) in [6.07, 6.45) is 12.5. The van der Waals surface area contributed by atoms with E-state index in [-0.39, 0.29) is 24.6 Å². The van der Waals surface area contributed by atoms with Crippen molar-refractivity contribution in [2.24, 2.45) is 5.41 Å². The Morgan fingerprint density at radius 3 is 2.83 bits per heavy atom. The van der Waals surface area contributed by atoms with Gasteiger partial charge in [0.15, 0.2) is 0 Å². The zero-order valence-electron chi connectivity index (χ0n) is 13.2. The van der Waals surface area contributed by atoms with E-state index in [1.54, 1.807) is 24.3 Å². The number of aliphatic hydroxyl groups is 1. The van der Waals surface area contributed by atoms with Gasteiger partial charge in [-0.1, -0.05) is 29.9 Å². The summed E-state index contributed by atoms with van der Waals surface area (Å²) in [5.41, 5.74) is 2.98. The molecule has 0 radical (unpaired) electrons. The highest BCUT2D eigenvalue weighted by atomic mass is 16.5. The molecule has 2 bridgehead atoms. The molecule has 3 aliphatic rings. The molecular weight excluding hydrogens is 304 g/mol. The van der Waals surface area contributed by atoms with Crippen molar-refractivity contribution in [3.8, 4) is 5.75 Å². The largest absolute Gasteiger partial charge is 0.491 e. The van der Waals surface area contributed by atoms with Crippen molar-refractivity contribution < 1.29 is 19.4 Å². The van der Waals surface area contributed by atoms with Gasteiger partial charge < -0.3 is 14.6 Å². The Balaban J connectivity index is 1.47. The van der Waals surface area contributed by atoms with Gasteiger partial charge in [0.1, 0.15) is 18.1 Å². The smallest absolute Gasteiger partial charge is 0.343 e. The van der Waals surface area contributed by atoms with Gasteiger partial charge in [0.25, 0.3) is 0 Å². The number of carbonyl (C=O) groups excluding carboxylic acids is 1. The number of esters is 1. The summed E-state index contributed by atoms with van der Waals surface area (Å²) in [6, 6.07) is 6.72. The van der Waals surface area contributed by atoms with Crippen molar-refractivity contribution in [3.05, 3.63) is 77.1 Å².